The van der Waals surface area contributed by atoms with Crippen molar-refractivity contribution in [1.82, 2.24) is 24.9 Å². The average Bonchev–Trinajstić information content (AvgIpc) is 3.52. The molecule has 202 valence electrons. The quantitative estimate of drug-likeness (QED) is 0.357. The molecule has 9 nitrogen and oxygen atoms in total. The Morgan fingerprint density at radius 1 is 1.00 bits per heavy atom. The maximum atomic E-state index is 13.2. The second-order valence-corrected chi connectivity index (χ2v) is 10.5. The van der Waals surface area contributed by atoms with Gasteiger partial charge in [0.2, 0.25) is 11.8 Å². The first kappa shape index (κ1) is 26.4. The number of rotatable bonds is 2. The van der Waals surface area contributed by atoms with E-state index in [1.165, 1.54) is 11.3 Å². The van der Waals surface area contributed by atoms with Crippen LogP contribution in [0.4, 0.5) is 0 Å². The van der Waals surface area contributed by atoms with Crippen molar-refractivity contribution < 1.29 is 19.5 Å². The topological polar surface area (TPSA) is 116 Å². The number of fused-ring (bicyclic) bond motifs is 6. The van der Waals surface area contributed by atoms with E-state index in [0.717, 1.165) is 16.1 Å². The molecule has 0 saturated heterocycles. The fourth-order valence-electron chi connectivity index (χ4n) is 4.73. The number of hydrogen-bond acceptors (Lipinski definition) is 6. The van der Waals surface area contributed by atoms with Gasteiger partial charge in [0.25, 0.3) is 5.91 Å². The van der Waals surface area contributed by atoms with Crippen LogP contribution in [-0.2, 0) is 22.4 Å². The van der Waals surface area contributed by atoms with Crippen LogP contribution in [0.5, 0.6) is 5.75 Å². The van der Waals surface area contributed by atoms with Gasteiger partial charge < -0.3 is 20.6 Å². The van der Waals surface area contributed by atoms with Gasteiger partial charge in [0.1, 0.15) is 5.75 Å². The van der Waals surface area contributed by atoms with Crippen molar-refractivity contribution in [2.24, 2.45) is 0 Å². The van der Waals surface area contributed by atoms with E-state index in [-0.39, 0.29) is 29.9 Å². The van der Waals surface area contributed by atoms with Crippen LogP contribution < -0.4 is 10.6 Å². The molecule has 0 spiro atoms. The summed E-state index contributed by atoms with van der Waals surface area (Å²) in [6.45, 7) is 1.77. The SMILES string of the molecule is O=C1CCCN(C(=O)Cc2cn3ccsc3n2)CCCNC(=O)c2cccc(c2)-c2cc(ccc2O)CCN1. The van der Waals surface area contributed by atoms with Crippen LogP contribution in [0, 0.1) is 0 Å². The summed E-state index contributed by atoms with van der Waals surface area (Å²) in [7, 11) is 0. The van der Waals surface area contributed by atoms with Gasteiger partial charge in [-0.25, -0.2) is 4.98 Å². The molecule has 0 unspecified atom stereocenters. The van der Waals surface area contributed by atoms with Crippen LogP contribution >= 0.6 is 11.3 Å². The Morgan fingerprint density at radius 3 is 2.72 bits per heavy atom. The molecule has 4 bridgehead atoms. The van der Waals surface area contributed by atoms with Gasteiger partial charge in [-0.2, -0.15) is 0 Å². The average molecular weight is 546 g/mol. The first-order valence-electron chi connectivity index (χ1n) is 13.1. The fraction of sp³-hybridized carbons (Fsp3) is 0.310. The number of nitrogens with one attached hydrogen (secondary N) is 2. The Hall–Kier alpha value is -4.18. The van der Waals surface area contributed by atoms with E-state index in [4.69, 9.17) is 0 Å². The number of phenols is 1. The number of nitrogens with zero attached hydrogens (tertiary/aromatic N) is 3. The summed E-state index contributed by atoms with van der Waals surface area (Å²) >= 11 is 1.52. The van der Waals surface area contributed by atoms with E-state index < -0.39 is 0 Å². The fourth-order valence-corrected chi connectivity index (χ4v) is 5.45. The lowest BCUT2D eigenvalue weighted by molar-refractivity contribution is -0.131. The lowest BCUT2D eigenvalue weighted by atomic mass is 9.98. The molecule has 1 aliphatic rings. The number of hydrogen-bond donors (Lipinski definition) is 3. The third kappa shape index (κ3) is 6.64. The van der Waals surface area contributed by atoms with Gasteiger partial charge in [0.05, 0.1) is 12.1 Å². The molecule has 4 aromatic rings. The molecule has 0 saturated carbocycles. The molecule has 10 heteroatoms. The first-order chi connectivity index (χ1) is 19.0. The zero-order valence-corrected chi connectivity index (χ0v) is 22.4. The number of aromatic nitrogens is 2. The molecule has 2 aromatic carbocycles. The summed E-state index contributed by atoms with van der Waals surface area (Å²) in [4.78, 5) is 45.7. The number of amides is 3. The van der Waals surface area contributed by atoms with E-state index in [0.29, 0.717) is 68.7 Å². The molecule has 3 N–H and O–H groups in total. The Morgan fingerprint density at radius 2 is 1.85 bits per heavy atom. The lowest BCUT2D eigenvalue weighted by Crippen LogP contribution is -2.36. The van der Waals surface area contributed by atoms with Crippen molar-refractivity contribution in [3.63, 3.8) is 0 Å². The number of benzene rings is 2. The molecule has 0 atom stereocenters. The van der Waals surface area contributed by atoms with Crippen LogP contribution in [0.3, 0.4) is 0 Å². The summed E-state index contributed by atoms with van der Waals surface area (Å²) in [5.74, 6) is -0.193. The van der Waals surface area contributed by atoms with Gasteiger partial charge in [-0.1, -0.05) is 18.2 Å². The maximum absolute atomic E-state index is 13.2. The van der Waals surface area contributed by atoms with E-state index in [9.17, 15) is 19.5 Å². The van der Waals surface area contributed by atoms with Gasteiger partial charge in [0.15, 0.2) is 4.96 Å². The second kappa shape index (κ2) is 12.1. The molecule has 39 heavy (non-hydrogen) atoms. The molecule has 3 heterocycles. The third-order valence-electron chi connectivity index (χ3n) is 6.78. The van der Waals surface area contributed by atoms with Gasteiger partial charge >= 0.3 is 0 Å². The second-order valence-electron chi connectivity index (χ2n) is 9.63. The minimum Gasteiger partial charge on any atom is -0.507 e. The summed E-state index contributed by atoms with van der Waals surface area (Å²) < 4.78 is 1.90. The van der Waals surface area contributed by atoms with E-state index in [1.807, 2.05) is 40.4 Å². The Kier molecular flexibility index (Phi) is 8.21. The summed E-state index contributed by atoms with van der Waals surface area (Å²) in [5, 5.41) is 18.3. The minimum atomic E-state index is -0.212. The molecular weight excluding hydrogens is 514 g/mol. The molecule has 0 radical (unpaired) electrons. The summed E-state index contributed by atoms with van der Waals surface area (Å²) in [6, 6.07) is 12.5. The molecule has 3 amide bonds. The van der Waals surface area contributed by atoms with Crippen LogP contribution in [-0.4, -0.2) is 63.3 Å². The lowest BCUT2D eigenvalue weighted by Gasteiger charge is -2.22. The Labute approximate surface area is 230 Å². The zero-order valence-electron chi connectivity index (χ0n) is 21.6. The van der Waals surface area contributed by atoms with Gasteiger partial charge in [-0.05, 0) is 54.7 Å². The molecule has 0 aliphatic carbocycles. The molecule has 1 aliphatic heterocycles. The third-order valence-corrected chi connectivity index (χ3v) is 7.55. The number of phenolic OH excluding ortho intramolecular Hbond substituents is 1. The molecular formula is C29H31N5O4S. The van der Waals surface area contributed by atoms with Crippen LogP contribution in [0.15, 0.2) is 60.2 Å². The highest BCUT2D eigenvalue weighted by Crippen LogP contribution is 2.30. The van der Waals surface area contributed by atoms with Crippen LogP contribution in [0.25, 0.3) is 16.1 Å². The number of thiazole rings is 1. The van der Waals surface area contributed by atoms with Crippen LogP contribution in [0.2, 0.25) is 0 Å². The first-order valence-corrected chi connectivity index (χ1v) is 14.0. The molecule has 2 aromatic heterocycles. The minimum absolute atomic E-state index is 0.0508. The molecule has 5 rings (SSSR count). The maximum Gasteiger partial charge on any atom is 0.251 e. The Balaban J connectivity index is 1.30. The van der Waals surface area contributed by atoms with Crippen molar-refractivity contribution in [2.45, 2.75) is 32.1 Å². The highest BCUT2D eigenvalue weighted by Gasteiger charge is 2.17. The van der Waals surface area contributed by atoms with Crippen molar-refractivity contribution in [1.29, 1.82) is 0 Å². The standard InChI is InChI=1S/C29H31N5O4S/c35-25-8-7-20-9-11-30-26(36)6-2-12-33(27(37)18-23-19-34-14-15-39-29(34)32-23)13-3-10-31-28(38)22-5-1-4-21(17-22)24(25)16-20/h1,4-5,7-8,14-17,19,35H,2-3,6,9-13,18H2,(H,30,36)(H,31,38). The van der Waals surface area contributed by atoms with Gasteiger partial charge in [0, 0.05) is 61.5 Å². The van der Waals surface area contributed by atoms with Gasteiger partial charge in [-0.15, -0.1) is 11.3 Å². The molecule has 0 fully saturated rings. The van der Waals surface area contributed by atoms with E-state index in [2.05, 4.69) is 15.6 Å². The number of imidazole rings is 1. The zero-order chi connectivity index (χ0) is 27.2. The van der Waals surface area contributed by atoms with E-state index in [1.54, 1.807) is 29.2 Å². The largest absolute Gasteiger partial charge is 0.507 e. The number of aromatic hydroxyl groups is 1. The van der Waals surface area contributed by atoms with E-state index >= 15 is 0 Å². The normalized spacial score (nSPS) is 15.6. The highest BCUT2D eigenvalue weighted by atomic mass is 32.1. The summed E-state index contributed by atoms with van der Waals surface area (Å²) in [6.07, 6.45) is 5.99. The van der Waals surface area contributed by atoms with Gasteiger partial charge in [-0.3, -0.25) is 18.8 Å². The highest BCUT2D eigenvalue weighted by molar-refractivity contribution is 7.15. The predicted octanol–water partition coefficient (Wildman–Crippen LogP) is 3.41. The predicted molar refractivity (Wildman–Crippen MR) is 150 cm³/mol. The number of carbonyl (C=O) groups is 3. The van der Waals surface area contributed by atoms with Crippen molar-refractivity contribution in [3.05, 3.63) is 77.1 Å². The Bertz CT molecular complexity index is 1470. The van der Waals surface area contributed by atoms with Crippen LogP contribution in [0.1, 0.15) is 40.9 Å². The van der Waals surface area contributed by atoms with Crippen molar-refractivity contribution in [3.8, 4) is 16.9 Å². The van der Waals surface area contributed by atoms with Crippen molar-refractivity contribution >= 4 is 34.0 Å². The smallest absolute Gasteiger partial charge is 0.251 e. The monoisotopic (exact) mass is 545 g/mol. The van der Waals surface area contributed by atoms with Crippen molar-refractivity contribution in [2.75, 3.05) is 26.2 Å². The number of carbonyl (C=O) groups excluding carboxylic acids is 3. The summed E-state index contributed by atoms with van der Waals surface area (Å²) in [5.41, 5.74) is 3.54.